The van der Waals surface area contributed by atoms with E-state index in [1.807, 2.05) is 32.1 Å². The van der Waals surface area contributed by atoms with Crippen molar-refractivity contribution in [3.05, 3.63) is 45.9 Å². The third-order valence-electron chi connectivity index (χ3n) is 4.96. The third-order valence-corrected chi connectivity index (χ3v) is 4.96. The molecule has 0 radical (unpaired) electrons. The smallest absolute Gasteiger partial charge is 0.196 e. The van der Waals surface area contributed by atoms with E-state index in [-0.39, 0.29) is 5.82 Å². The summed E-state index contributed by atoms with van der Waals surface area (Å²) in [5.74, 6) is 1.64. The fraction of sp³-hybridized carbons (Fsp3) is 0.286. The van der Waals surface area contributed by atoms with Gasteiger partial charge in [0, 0.05) is 24.7 Å². The van der Waals surface area contributed by atoms with Crippen molar-refractivity contribution in [3.63, 3.8) is 0 Å². The van der Waals surface area contributed by atoms with Gasteiger partial charge in [0.1, 0.15) is 23.7 Å². The topological polar surface area (TPSA) is 103 Å². The molecular formula is C21H21N5O. The predicted octanol–water partition coefficient (Wildman–Crippen LogP) is 4.13. The number of nitriles is 2. The first-order valence-electron chi connectivity index (χ1n) is 8.85. The Morgan fingerprint density at radius 1 is 1.19 bits per heavy atom. The number of anilines is 2. The second kappa shape index (κ2) is 7.01. The number of pyridine rings is 1. The number of hydrogen-bond acceptors (Lipinski definition) is 6. The highest BCUT2D eigenvalue weighted by molar-refractivity contribution is 6.08. The van der Waals surface area contributed by atoms with Gasteiger partial charge in [-0.3, -0.25) is 0 Å². The number of nitrogen functional groups attached to an aromatic ring is 1. The van der Waals surface area contributed by atoms with E-state index in [1.54, 1.807) is 0 Å². The molecule has 2 heterocycles. The summed E-state index contributed by atoms with van der Waals surface area (Å²) in [6, 6.07) is 8.18. The van der Waals surface area contributed by atoms with Gasteiger partial charge in [-0.05, 0) is 56.5 Å². The van der Waals surface area contributed by atoms with Crippen molar-refractivity contribution in [1.82, 2.24) is 4.98 Å². The molecule has 0 unspecified atom stereocenters. The number of aromatic nitrogens is 1. The number of rotatable bonds is 4. The summed E-state index contributed by atoms with van der Waals surface area (Å²) in [5.41, 5.74) is 10.4. The van der Waals surface area contributed by atoms with Crippen molar-refractivity contribution >= 4 is 28.9 Å². The van der Waals surface area contributed by atoms with Gasteiger partial charge in [-0.15, -0.1) is 0 Å². The molecule has 27 heavy (non-hydrogen) atoms. The Bertz CT molecular complexity index is 1060. The van der Waals surface area contributed by atoms with E-state index in [0.717, 1.165) is 41.2 Å². The summed E-state index contributed by atoms with van der Waals surface area (Å²) in [6.07, 6.45) is 1.90. The van der Waals surface area contributed by atoms with Gasteiger partial charge >= 0.3 is 0 Å². The van der Waals surface area contributed by atoms with Crippen molar-refractivity contribution in [3.8, 4) is 12.1 Å². The summed E-state index contributed by atoms with van der Waals surface area (Å²) >= 11 is 0. The number of hydrogen-bond donors (Lipinski definition) is 1. The zero-order valence-corrected chi connectivity index (χ0v) is 15.9. The van der Waals surface area contributed by atoms with Crippen molar-refractivity contribution in [2.75, 3.05) is 23.7 Å². The van der Waals surface area contributed by atoms with E-state index < -0.39 is 0 Å². The summed E-state index contributed by atoms with van der Waals surface area (Å²) in [7, 11) is 0. The molecule has 6 heteroatoms. The highest BCUT2D eigenvalue weighted by Gasteiger charge is 2.29. The molecule has 0 saturated carbocycles. The first-order valence-corrected chi connectivity index (χ1v) is 8.85. The van der Waals surface area contributed by atoms with Crippen LogP contribution in [0, 0.1) is 29.6 Å². The normalized spacial score (nSPS) is 14.2. The Balaban J connectivity index is 2.19. The van der Waals surface area contributed by atoms with Crippen LogP contribution in [0.3, 0.4) is 0 Å². The molecule has 0 saturated heterocycles. The molecule has 2 aromatic rings. The van der Waals surface area contributed by atoms with Crippen molar-refractivity contribution in [1.29, 1.82) is 10.5 Å². The Hall–Kier alpha value is -3.51. The fourth-order valence-electron chi connectivity index (χ4n) is 3.46. The summed E-state index contributed by atoms with van der Waals surface area (Å²) in [6.45, 7) is 9.57. The monoisotopic (exact) mass is 359 g/mol. The van der Waals surface area contributed by atoms with Crippen LogP contribution in [0.1, 0.15) is 48.9 Å². The molecule has 2 aromatic heterocycles. The fourth-order valence-corrected chi connectivity index (χ4v) is 3.46. The largest absolute Gasteiger partial charge is 0.441 e. The number of furan rings is 1. The number of nitrogens with zero attached hydrogens (tertiary/aromatic N) is 4. The van der Waals surface area contributed by atoms with Crippen LogP contribution in [-0.4, -0.2) is 18.1 Å². The quantitative estimate of drug-likeness (QED) is 0.880. The van der Waals surface area contributed by atoms with Crippen LogP contribution in [0.25, 0.3) is 17.2 Å². The lowest BCUT2D eigenvalue weighted by atomic mass is 9.96. The lowest BCUT2D eigenvalue weighted by Crippen LogP contribution is -2.20. The molecule has 0 spiro atoms. The SMILES string of the molecule is CCN(CC)c1ccc(C=C2C(C)=C(C#N)c3nc(N)c(C#N)c(C)c32)o1. The number of nitrogens with two attached hydrogens (primary N) is 1. The molecule has 6 nitrogen and oxygen atoms in total. The van der Waals surface area contributed by atoms with E-state index >= 15 is 0 Å². The Kier molecular flexibility index (Phi) is 4.75. The summed E-state index contributed by atoms with van der Waals surface area (Å²) < 4.78 is 5.98. The molecule has 0 amide bonds. The van der Waals surface area contributed by atoms with Gasteiger partial charge in [-0.2, -0.15) is 10.5 Å². The molecule has 0 atom stereocenters. The molecule has 136 valence electrons. The third kappa shape index (κ3) is 2.86. The molecule has 0 aromatic carbocycles. The van der Waals surface area contributed by atoms with Crippen LogP contribution in [0.5, 0.6) is 0 Å². The summed E-state index contributed by atoms with van der Waals surface area (Å²) in [5, 5.41) is 19.0. The van der Waals surface area contributed by atoms with E-state index in [9.17, 15) is 10.5 Å². The van der Waals surface area contributed by atoms with Crippen LogP contribution < -0.4 is 10.6 Å². The second-order valence-electron chi connectivity index (χ2n) is 6.35. The molecule has 1 aliphatic rings. The first-order chi connectivity index (χ1) is 13.0. The van der Waals surface area contributed by atoms with Crippen molar-refractivity contribution in [2.45, 2.75) is 27.7 Å². The average molecular weight is 359 g/mol. The molecule has 0 fully saturated rings. The first kappa shape index (κ1) is 18.3. The van der Waals surface area contributed by atoms with Crippen molar-refractivity contribution < 1.29 is 4.42 Å². The number of allylic oxidation sites excluding steroid dienone is 3. The van der Waals surface area contributed by atoms with E-state index in [2.05, 4.69) is 35.9 Å². The average Bonchev–Trinajstić information content (AvgIpc) is 3.20. The molecule has 0 bridgehead atoms. The molecule has 1 aliphatic carbocycles. The van der Waals surface area contributed by atoms with Crippen LogP contribution in [-0.2, 0) is 0 Å². The standard InChI is InChI=1S/C21H21N5O/c1-5-26(6-2)18-8-7-14(27-18)9-15-12(3)16(10-22)20-19(15)13(4)17(11-23)21(24)25-20/h7-9H,5-6H2,1-4H3,(H2,24,25). The highest BCUT2D eigenvalue weighted by atomic mass is 16.4. The Labute approximate surface area is 158 Å². The number of fused-ring (bicyclic) bond motifs is 1. The maximum absolute atomic E-state index is 9.61. The second-order valence-corrected chi connectivity index (χ2v) is 6.35. The van der Waals surface area contributed by atoms with E-state index in [0.29, 0.717) is 22.6 Å². The van der Waals surface area contributed by atoms with Gasteiger partial charge < -0.3 is 15.1 Å². The zero-order valence-electron chi connectivity index (χ0n) is 15.9. The lowest BCUT2D eigenvalue weighted by molar-refractivity contribution is 0.541. The molecule has 2 N–H and O–H groups in total. The maximum Gasteiger partial charge on any atom is 0.196 e. The Morgan fingerprint density at radius 3 is 2.48 bits per heavy atom. The van der Waals surface area contributed by atoms with Gasteiger partial charge in [0.05, 0.1) is 16.8 Å². The molecule has 0 aliphatic heterocycles. The van der Waals surface area contributed by atoms with Crippen LogP contribution in [0.2, 0.25) is 0 Å². The van der Waals surface area contributed by atoms with Gasteiger partial charge in [0.2, 0.25) is 0 Å². The van der Waals surface area contributed by atoms with E-state index in [1.165, 1.54) is 0 Å². The van der Waals surface area contributed by atoms with E-state index in [4.69, 9.17) is 10.2 Å². The molecular weight excluding hydrogens is 338 g/mol. The van der Waals surface area contributed by atoms with Crippen LogP contribution in [0.15, 0.2) is 22.1 Å². The van der Waals surface area contributed by atoms with Gasteiger partial charge in [-0.25, -0.2) is 4.98 Å². The van der Waals surface area contributed by atoms with Gasteiger partial charge in [0.25, 0.3) is 0 Å². The summed E-state index contributed by atoms with van der Waals surface area (Å²) in [4.78, 5) is 6.46. The van der Waals surface area contributed by atoms with Gasteiger partial charge in [0.15, 0.2) is 5.88 Å². The van der Waals surface area contributed by atoms with Crippen LogP contribution in [0.4, 0.5) is 11.7 Å². The zero-order chi connectivity index (χ0) is 19.7. The maximum atomic E-state index is 9.61. The molecule has 3 rings (SSSR count). The highest BCUT2D eigenvalue weighted by Crippen LogP contribution is 2.44. The lowest BCUT2D eigenvalue weighted by Gasteiger charge is -2.16. The van der Waals surface area contributed by atoms with Gasteiger partial charge in [-0.1, -0.05) is 0 Å². The minimum atomic E-state index is 0.150. The van der Waals surface area contributed by atoms with Crippen LogP contribution >= 0.6 is 0 Å². The van der Waals surface area contributed by atoms with Crippen molar-refractivity contribution in [2.24, 2.45) is 0 Å². The minimum absolute atomic E-state index is 0.150. The predicted molar refractivity (Wildman–Crippen MR) is 106 cm³/mol. The Morgan fingerprint density at radius 2 is 1.89 bits per heavy atom. The minimum Gasteiger partial charge on any atom is -0.441 e.